The topological polar surface area (TPSA) is 89.4 Å². The Bertz CT molecular complexity index is 23.0. The molecule has 0 saturated heterocycles. The molecule has 0 aromatic rings. The third-order valence-corrected chi connectivity index (χ3v) is 0. The minimum Gasteiger partial charge on any atom is -0.256 e. The molecule has 0 aromatic carbocycles. The van der Waals surface area contributed by atoms with Crippen molar-refractivity contribution in [2.75, 3.05) is 0 Å². The third-order valence-electron chi connectivity index (χ3n) is 0. The van der Waals surface area contributed by atoms with Crippen LogP contribution in [0.1, 0.15) is 0 Å². The van der Waals surface area contributed by atoms with E-state index in [-0.39, 0.29) is 17.1 Å². The van der Waals surface area contributed by atoms with Gasteiger partial charge in [0.05, 0.1) is 0 Å². The number of rotatable bonds is 0. The smallest absolute Gasteiger partial charge is 0.256 e. The first-order valence-corrected chi connectivity index (χ1v) is 4.24. The summed E-state index contributed by atoms with van der Waals surface area (Å²) in [7, 11) is 0. The van der Waals surface area contributed by atoms with Crippen LogP contribution >= 0.6 is 0 Å². The molecule has 0 fully saturated rings. The summed E-state index contributed by atoms with van der Waals surface area (Å²) in [5.41, 5.74) is 0. The van der Waals surface area contributed by atoms with Crippen LogP contribution in [0.5, 0.6) is 0 Å². The van der Waals surface area contributed by atoms with Crippen LogP contribution in [0.2, 0.25) is 0 Å². The van der Waals surface area contributed by atoms with E-state index in [1.54, 1.807) is 0 Å². The van der Waals surface area contributed by atoms with Gasteiger partial charge < -0.3 is 0 Å². The minimum atomic E-state index is -5.69. The molecule has 40 valence electrons. The Morgan fingerprint density at radius 1 is 1.17 bits per heavy atom. The molecule has 0 amide bonds. The van der Waals surface area contributed by atoms with Gasteiger partial charge in [-0.15, -0.1) is 0 Å². The molecule has 1 N–H and O–H groups in total. The van der Waals surface area contributed by atoms with Gasteiger partial charge in [-0.2, -0.15) is 0 Å². The standard InChI is InChI=1S/Cu.HIO4/c;2-1(3,4)5/h;2H/q+3;. The monoisotopic (exact) mass is 255 g/mol. The average Bonchev–Trinajstić information content (AvgIpc) is 0.722. The van der Waals surface area contributed by atoms with Gasteiger partial charge in [0, 0.05) is 3.44 Å². The van der Waals surface area contributed by atoms with Gasteiger partial charge >= 0.3 is 37.2 Å². The van der Waals surface area contributed by atoms with E-state index < -0.39 is 20.1 Å². The van der Waals surface area contributed by atoms with Gasteiger partial charge in [-0.25, -0.2) is 0 Å². The largest absolute Gasteiger partial charge is 3.00 e. The Morgan fingerprint density at radius 3 is 1.17 bits per heavy atom. The zero-order valence-corrected chi connectivity index (χ0v) is 5.45. The molecule has 0 aliphatic carbocycles. The van der Waals surface area contributed by atoms with Gasteiger partial charge in [0.25, 0.3) is 0 Å². The Labute approximate surface area is 51.0 Å². The summed E-state index contributed by atoms with van der Waals surface area (Å²) in [6.45, 7) is 0. The fraction of sp³-hybridized carbons (Fsp3) is 0. The van der Waals surface area contributed by atoms with Crippen LogP contribution in [-0.2, 0) is 17.1 Å². The molecule has 0 aliphatic rings. The van der Waals surface area contributed by atoms with E-state index in [0.29, 0.717) is 0 Å². The van der Waals surface area contributed by atoms with Crippen LogP contribution in [0.15, 0.2) is 0 Å². The van der Waals surface area contributed by atoms with E-state index >= 15 is 0 Å². The zero-order chi connectivity index (χ0) is 4.50. The maximum atomic E-state index is 8.73. The molecule has 0 aliphatic heterocycles. The predicted octanol–water partition coefficient (Wildman–Crippen LogP) is -7.12. The van der Waals surface area contributed by atoms with Crippen LogP contribution in [0.3, 0.4) is 0 Å². The van der Waals surface area contributed by atoms with E-state index in [4.69, 9.17) is 13.7 Å². The summed E-state index contributed by atoms with van der Waals surface area (Å²) in [5.74, 6) is 0. The van der Waals surface area contributed by atoms with Crippen LogP contribution < -0.4 is 30.4 Å². The fourth-order valence-electron chi connectivity index (χ4n) is 0. The third kappa shape index (κ3) is 71.7. The van der Waals surface area contributed by atoms with Crippen molar-refractivity contribution in [2.45, 2.75) is 0 Å². The molecule has 0 bridgehead atoms. The number of hydrogen-bond donors (Lipinski definition) is 1. The van der Waals surface area contributed by atoms with Crippen molar-refractivity contribution in [1.29, 1.82) is 0 Å². The Hall–Kier alpha value is 1.09. The predicted molar refractivity (Wildman–Crippen MR) is 2.22 cm³/mol. The van der Waals surface area contributed by atoms with Crippen molar-refractivity contribution in [3.63, 3.8) is 0 Å². The fourth-order valence-corrected chi connectivity index (χ4v) is 0. The molecule has 0 saturated carbocycles. The first kappa shape index (κ1) is 10.1. The quantitative estimate of drug-likeness (QED) is 0.344. The molecule has 0 aromatic heterocycles. The van der Waals surface area contributed by atoms with Gasteiger partial charge in [-0.1, -0.05) is 0 Å². The molecular weight excluding hydrogens is 254 g/mol. The van der Waals surface area contributed by atoms with Crippen molar-refractivity contribution in [3.05, 3.63) is 0 Å². The second-order valence-corrected chi connectivity index (χ2v) is 2.66. The minimum absolute atomic E-state index is 0. The first-order chi connectivity index (χ1) is 2.00. The molecule has 0 unspecified atom stereocenters. The van der Waals surface area contributed by atoms with Crippen molar-refractivity contribution in [3.8, 4) is 0 Å². The number of hydrogen-bond acceptors (Lipinski definition) is 4. The van der Waals surface area contributed by atoms with Crippen molar-refractivity contribution in [2.24, 2.45) is 0 Å². The van der Waals surface area contributed by atoms with Gasteiger partial charge in [-0.05, 0) is 0 Å². The van der Waals surface area contributed by atoms with Crippen LogP contribution in [0.25, 0.3) is 0 Å². The van der Waals surface area contributed by atoms with E-state index in [0.717, 1.165) is 0 Å². The maximum absolute atomic E-state index is 8.73. The van der Waals surface area contributed by atoms with Crippen LogP contribution in [0.4, 0.5) is 0 Å². The van der Waals surface area contributed by atoms with Gasteiger partial charge in [0.2, 0.25) is 0 Å². The molecule has 0 atom stereocenters. The molecule has 4 nitrogen and oxygen atoms in total. The van der Waals surface area contributed by atoms with Crippen LogP contribution in [-0.4, -0.2) is 3.44 Å². The maximum Gasteiger partial charge on any atom is 3.00 e. The van der Waals surface area contributed by atoms with Crippen LogP contribution in [0, 0.1) is 0 Å². The summed E-state index contributed by atoms with van der Waals surface area (Å²) in [4.78, 5) is 0. The Morgan fingerprint density at radius 2 is 1.17 bits per heavy atom. The summed E-state index contributed by atoms with van der Waals surface area (Å²) in [6, 6.07) is 0. The Kier molecular flexibility index (Phi) is 5.31. The van der Waals surface area contributed by atoms with Crippen molar-refractivity contribution >= 4 is 0 Å². The van der Waals surface area contributed by atoms with Gasteiger partial charge in [0.15, 0.2) is 0 Å². The summed E-state index contributed by atoms with van der Waals surface area (Å²) < 4.78 is 33.2. The second kappa shape index (κ2) is 3.14. The first-order valence-electron chi connectivity index (χ1n) is 0.632. The molecule has 6 heavy (non-hydrogen) atoms. The molecular formula is HCuIO4+3. The Balaban J connectivity index is 0. The summed E-state index contributed by atoms with van der Waals surface area (Å²) >= 11 is -5.69. The van der Waals surface area contributed by atoms with Gasteiger partial charge in [-0.3, -0.25) is 10.3 Å². The second-order valence-electron chi connectivity index (χ2n) is 0.396. The van der Waals surface area contributed by atoms with E-state index in [9.17, 15) is 0 Å². The van der Waals surface area contributed by atoms with Crippen molar-refractivity contribution in [1.82, 2.24) is 0 Å². The van der Waals surface area contributed by atoms with E-state index in [1.807, 2.05) is 0 Å². The molecule has 0 heterocycles. The normalized spacial score (nSPS) is 10.0. The number of halogens is 1. The van der Waals surface area contributed by atoms with E-state index in [1.165, 1.54) is 0 Å². The molecule has 0 radical (unpaired) electrons. The zero-order valence-electron chi connectivity index (χ0n) is 2.35. The SMILES string of the molecule is [Cu+3].[O-][I+3]([O-])([O-])O. The molecule has 0 rings (SSSR count). The van der Waals surface area contributed by atoms with Gasteiger partial charge in [0.1, 0.15) is 0 Å². The van der Waals surface area contributed by atoms with E-state index in [2.05, 4.69) is 0 Å². The molecule has 6 heteroatoms. The average molecular weight is 255 g/mol. The summed E-state index contributed by atoms with van der Waals surface area (Å²) in [5, 5.41) is 0. The van der Waals surface area contributed by atoms with Crippen molar-refractivity contribution < 1.29 is 50.9 Å². The summed E-state index contributed by atoms with van der Waals surface area (Å²) in [6.07, 6.45) is 0. The molecule has 0 spiro atoms.